The van der Waals surface area contributed by atoms with Crippen LogP contribution in [0.3, 0.4) is 0 Å². The number of nitrogens with one attached hydrogen (secondary N) is 2. The SMILES string of the molecule is COCCCNC(=O)C1CCCN(C(=O)c2ccc(NS(=O)(=O)c3ccccc3)cc2)C1. The summed E-state index contributed by atoms with van der Waals surface area (Å²) in [6.45, 7) is 2.11. The lowest BCUT2D eigenvalue weighted by Gasteiger charge is -2.32. The summed E-state index contributed by atoms with van der Waals surface area (Å²) in [5, 5.41) is 2.91. The number of hydrogen-bond acceptors (Lipinski definition) is 5. The largest absolute Gasteiger partial charge is 0.385 e. The topological polar surface area (TPSA) is 105 Å². The number of benzene rings is 2. The monoisotopic (exact) mass is 459 g/mol. The van der Waals surface area contributed by atoms with Crippen LogP contribution in [0.25, 0.3) is 0 Å². The highest BCUT2D eigenvalue weighted by Gasteiger charge is 2.28. The molecule has 1 fully saturated rings. The van der Waals surface area contributed by atoms with Gasteiger partial charge in [-0.3, -0.25) is 14.3 Å². The van der Waals surface area contributed by atoms with Crippen molar-refractivity contribution >= 4 is 27.5 Å². The molecule has 2 aromatic carbocycles. The molecular weight excluding hydrogens is 430 g/mol. The van der Waals surface area contributed by atoms with Crippen LogP contribution in [0.1, 0.15) is 29.6 Å². The van der Waals surface area contributed by atoms with Gasteiger partial charge in [0.15, 0.2) is 0 Å². The van der Waals surface area contributed by atoms with Gasteiger partial charge in [0.2, 0.25) is 5.91 Å². The Hall–Kier alpha value is -2.91. The van der Waals surface area contributed by atoms with Crippen LogP contribution in [0, 0.1) is 5.92 Å². The number of carbonyl (C=O) groups excluding carboxylic acids is 2. The molecule has 0 aromatic heterocycles. The molecule has 1 heterocycles. The highest BCUT2D eigenvalue weighted by Crippen LogP contribution is 2.21. The maximum absolute atomic E-state index is 12.9. The van der Waals surface area contributed by atoms with E-state index in [2.05, 4.69) is 10.0 Å². The van der Waals surface area contributed by atoms with Crippen LogP contribution in [-0.4, -0.2) is 58.5 Å². The second-order valence-corrected chi connectivity index (χ2v) is 9.41. The predicted octanol–water partition coefficient (Wildman–Crippen LogP) is 2.49. The number of carbonyl (C=O) groups is 2. The molecule has 2 N–H and O–H groups in total. The minimum absolute atomic E-state index is 0.0377. The van der Waals surface area contributed by atoms with E-state index in [4.69, 9.17) is 4.74 Å². The van der Waals surface area contributed by atoms with E-state index in [1.165, 1.54) is 12.1 Å². The maximum Gasteiger partial charge on any atom is 0.261 e. The Morgan fingerprint density at radius 1 is 1.09 bits per heavy atom. The van der Waals surface area contributed by atoms with Crippen LogP contribution in [0.5, 0.6) is 0 Å². The van der Waals surface area contributed by atoms with Gasteiger partial charge in [-0.05, 0) is 55.7 Å². The molecule has 2 aromatic rings. The van der Waals surface area contributed by atoms with Crippen LogP contribution in [0.2, 0.25) is 0 Å². The van der Waals surface area contributed by atoms with Crippen molar-refractivity contribution in [2.75, 3.05) is 38.1 Å². The van der Waals surface area contributed by atoms with Gasteiger partial charge in [0, 0.05) is 44.6 Å². The van der Waals surface area contributed by atoms with Gasteiger partial charge in [0.05, 0.1) is 10.8 Å². The molecule has 1 aliphatic rings. The summed E-state index contributed by atoms with van der Waals surface area (Å²) in [7, 11) is -2.07. The van der Waals surface area contributed by atoms with Gasteiger partial charge in [-0.25, -0.2) is 8.42 Å². The summed E-state index contributed by atoms with van der Waals surface area (Å²) >= 11 is 0. The number of methoxy groups -OCH3 is 1. The van der Waals surface area contributed by atoms with Crippen LogP contribution >= 0.6 is 0 Å². The fraction of sp³-hybridized carbons (Fsp3) is 0.391. The fourth-order valence-electron chi connectivity index (χ4n) is 3.63. The first-order valence-electron chi connectivity index (χ1n) is 10.6. The van der Waals surface area contributed by atoms with Crippen molar-refractivity contribution in [3.8, 4) is 0 Å². The molecule has 3 rings (SSSR count). The molecule has 2 amide bonds. The van der Waals surface area contributed by atoms with Gasteiger partial charge in [0.1, 0.15) is 0 Å². The Balaban J connectivity index is 1.58. The number of sulfonamides is 1. The number of rotatable bonds is 9. The van der Waals surface area contributed by atoms with E-state index in [9.17, 15) is 18.0 Å². The van der Waals surface area contributed by atoms with Gasteiger partial charge in [0.25, 0.3) is 15.9 Å². The number of amides is 2. The number of hydrogen-bond donors (Lipinski definition) is 2. The highest BCUT2D eigenvalue weighted by molar-refractivity contribution is 7.92. The van der Waals surface area contributed by atoms with Gasteiger partial charge >= 0.3 is 0 Å². The van der Waals surface area contributed by atoms with Crippen LogP contribution < -0.4 is 10.0 Å². The molecule has 172 valence electrons. The molecule has 1 atom stereocenters. The molecule has 1 saturated heterocycles. The summed E-state index contributed by atoms with van der Waals surface area (Å²) in [5.41, 5.74) is 0.825. The van der Waals surface area contributed by atoms with E-state index in [0.29, 0.717) is 37.5 Å². The summed E-state index contributed by atoms with van der Waals surface area (Å²) < 4.78 is 32.4. The summed E-state index contributed by atoms with van der Waals surface area (Å²) in [5.74, 6) is -0.434. The van der Waals surface area contributed by atoms with E-state index in [1.54, 1.807) is 54.5 Å². The molecular formula is C23H29N3O5S. The van der Waals surface area contributed by atoms with Crippen LogP contribution in [-0.2, 0) is 19.6 Å². The lowest BCUT2D eigenvalue weighted by Crippen LogP contribution is -2.45. The molecule has 0 spiro atoms. The fourth-order valence-corrected chi connectivity index (χ4v) is 4.70. The first kappa shape index (κ1) is 23.7. The molecule has 1 aliphatic heterocycles. The average molecular weight is 460 g/mol. The minimum Gasteiger partial charge on any atom is -0.385 e. The maximum atomic E-state index is 12.9. The van der Waals surface area contributed by atoms with Crippen molar-refractivity contribution in [1.29, 1.82) is 0 Å². The first-order chi connectivity index (χ1) is 15.4. The number of anilines is 1. The molecule has 0 saturated carbocycles. The molecule has 8 nitrogen and oxygen atoms in total. The van der Waals surface area contributed by atoms with Crippen molar-refractivity contribution in [1.82, 2.24) is 10.2 Å². The van der Waals surface area contributed by atoms with Crippen molar-refractivity contribution in [2.24, 2.45) is 5.92 Å². The third-order valence-electron chi connectivity index (χ3n) is 5.34. The summed E-state index contributed by atoms with van der Waals surface area (Å²) in [6, 6.07) is 14.4. The zero-order valence-electron chi connectivity index (χ0n) is 18.1. The van der Waals surface area contributed by atoms with E-state index in [1.807, 2.05) is 0 Å². The average Bonchev–Trinajstić information content (AvgIpc) is 2.82. The molecule has 0 bridgehead atoms. The normalized spacial score (nSPS) is 16.4. The Morgan fingerprint density at radius 2 is 1.81 bits per heavy atom. The molecule has 9 heteroatoms. The smallest absolute Gasteiger partial charge is 0.261 e. The molecule has 1 unspecified atom stereocenters. The van der Waals surface area contributed by atoms with Gasteiger partial charge in [-0.1, -0.05) is 18.2 Å². The second kappa shape index (κ2) is 11.1. The van der Waals surface area contributed by atoms with E-state index < -0.39 is 10.0 Å². The summed E-state index contributed by atoms with van der Waals surface area (Å²) in [4.78, 5) is 27.2. The third kappa shape index (κ3) is 6.30. The number of likely N-dealkylation sites (tertiary alicyclic amines) is 1. The Morgan fingerprint density at radius 3 is 2.50 bits per heavy atom. The highest BCUT2D eigenvalue weighted by atomic mass is 32.2. The lowest BCUT2D eigenvalue weighted by atomic mass is 9.96. The molecule has 0 radical (unpaired) electrons. The molecule has 0 aliphatic carbocycles. The van der Waals surface area contributed by atoms with Crippen LogP contribution in [0.15, 0.2) is 59.5 Å². The van der Waals surface area contributed by atoms with E-state index in [0.717, 1.165) is 19.3 Å². The van der Waals surface area contributed by atoms with Crippen molar-refractivity contribution in [3.63, 3.8) is 0 Å². The summed E-state index contributed by atoms with van der Waals surface area (Å²) in [6.07, 6.45) is 2.26. The quantitative estimate of drug-likeness (QED) is 0.561. The number of nitrogens with zero attached hydrogens (tertiary/aromatic N) is 1. The number of piperidine rings is 1. The van der Waals surface area contributed by atoms with Crippen molar-refractivity contribution in [2.45, 2.75) is 24.2 Å². The molecule has 32 heavy (non-hydrogen) atoms. The Kier molecular flexibility index (Phi) is 8.24. The van der Waals surface area contributed by atoms with Gasteiger partial charge in [-0.2, -0.15) is 0 Å². The Labute approximate surface area is 189 Å². The lowest BCUT2D eigenvalue weighted by molar-refractivity contribution is -0.126. The second-order valence-electron chi connectivity index (χ2n) is 7.72. The van der Waals surface area contributed by atoms with Crippen molar-refractivity contribution < 1.29 is 22.7 Å². The van der Waals surface area contributed by atoms with E-state index >= 15 is 0 Å². The first-order valence-corrected chi connectivity index (χ1v) is 12.1. The van der Waals surface area contributed by atoms with E-state index in [-0.39, 0.29) is 22.6 Å². The minimum atomic E-state index is -3.69. The zero-order chi connectivity index (χ0) is 23.0. The standard InChI is InChI=1S/C23H29N3O5S/c1-31-16-6-14-24-22(27)19-7-5-15-26(17-19)23(28)18-10-12-20(13-11-18)25-32(29,30)21-8-3-2-4-9-21/h2-4,8-13,19,25H,5-7,14-17H2,1H3,(H,24,27). The van der Waals surface area contributed by atoms with Crippen molar-refractivity contribution in [3.05, 3.63) is 60.2 Å². The van der Waals surface area contributed by atoms with Crippen LogP contribution in [0.4, 0.5) is 5.69 Å². The Bertz CT molecular complexity index is 1010. The third-order valence-corrected chi connectivity index (χ3v) is 6.74. The van der Waals surface area contributed by atoms with Gasteiger partial charge < -0.3 is 15.0 Å². The zero-order valence-corrected chi connectivity index (χ0v) is 18.9. The van der Waals surface area contributed by atoms with Gasteiger partial charge in [-0.15, -0.1) is 0 Å². The predicted molar refractivity (Wildman–Crippen MR) is 122 cm³/mol. The number of ether oxygens (including phenoxy) is 1.